The molecule has 0 spiro atoms. The third kappa shape index (κ3) is 4.30. The lowest BCUT2D eigenvalue weighted by Crippen LogP contribution is -2.37. The van der Waals surface area contributed by atoms with Gasteiger partial charge in [0, 0.05) is 0 Å². The number of ether oxygens (including phenoxy) is 1. The van der Waals surface area contributed by atoms with Crippen molar-refractivity contribution in [2.24, 2.45) is 0 Å². The molecular weight excluding hydrogens is 387 g/mol. The molecule has 0 fully saturated rings. The first-order valence-electron chi connectivity index (χ1n) is 9.32. The number of halogens is 1. The van der Waals surface area contributed by atoms with Crippen LogP contribution in [0.25, 0.3) is 16.6 Å². The van der Waals surface area contributed by atoms with Gasteiger partial charge < -0.3 is 10.1 Å². The number of nitrogens with zero attached hydrogens (tertiary/aromatic N) is 3. The van der Waals surface area contributed by atoms with E-state index in [0.29, 0.717) is 11.3 Å². The fourth-order valence-electron chi connectivity index (χ4n) is 3.01. The summed E-state index contributed by atoms with van der Waals surface area (Å²) in [6, 6.07) is 11.8. The van der Waals surface area contributed by atoms with Gasteiger partial charge in [-0.1, -0.05) is 12.1 Å². The molecule has 3 rings (SSSR count). The zero-order valence-corrected chi connectivity index (χ0v) is 17.1. The molecule has 0 aliphatic rings. The van der Waals surface area contributed by atoms with Crippen molar-refractivity contribution in [3.63, 3.8) is 0 Å². The first-order chi connectivity index (χ1) is 14.1. The van der Waals surface area contributed by atoms with E-state index in [-0.39, 0.29) is 16.7 Å². The van der Waals surface area contributed by atoms with Gasteiger partial charge in [0.05, 0.1) is 28.9 Å². The Morgan fingerprint density at radius 1 is 1.27 bits per heavy atom. The molecule has 7 nitrogen and oxygen atoms in total. The molecule has 0 saturated carbocycles. The van der Waals surface area contributed by atoms with Crippen LogP contribution in [-0.4, -0.2) is 21.2 Å². The van der Waals surface area contributed by atoms with Crippen molar-refractivity contribution < 1.29 is 13.9 Å². The Labute approximate surface area is 172 Å². The third-order valence-electron chi connectivity index (χ3n) is 4.23. The number of alkyl carbamates (subject to hydrolysis) is 1. The lowest BCUT2D eigenvalue weighted by atomic mass is 10.1. The molecular formula is C22H21FN4O3. The summed E-state index contributed by atoms with van der Waals surface area (Å²) in [5, 5.41) is 11.7. The maximum absolute atomic E-state index is 14.4. The number of amides is 1. The second-order valence-corrected chi connectivity index (χ2v) is 7.77. The van der Waals surface area contributed by atoms with Crippen LogP contribution in [0.1, 0.15) is 45.1 Å². The number of aromatic nitrogens is 2. The summed E-state index contributed by atoms with van der Waals surface area (Å²) in [6.45, 7) is 6.84. The summed E-state index contributed by atoms with van der Waals surface area (Å²) >= 11 is 0. The normalized spacial score (nSPS) is 12.3. The molecule has 1 aromatic heterocycles. The van der Waals surface area contributed by atoms with Gasteiger partial charge in [0.1, 0.15) is 22.6 Å². The Morgan fingerprint density at radius 3 is 2.63 bits per heavy atom. The predicted octanol–water partition coefficient (Wildman–Crippen LogP) is 3.98. The van der Waals surface area contributed by atoms with Crippen molar-refractivity contribution in [2.75, 3.05) is 0 Å². The molecule has 8 heteroatoms. The van der Waals surface area contributed by atoms with Gasteiger partial charge in [-0.05, 0) is 58.0 Å². The zero-order valence-electron chi connectivity index (χ0n) is 17.1. The Balaban J connectivity index is 2.20. The van der Waals surface area contributed by atoms with Crippen molar-refractivity contribution in [3.8, 4) is 11.8 Å². The summed E-state index contributed by atoms with van der Waals surface area (Å²) in [7, 11) is 0. The number of hydrogen-bond acceptors (Lipinski definition) is 5. The van der Waals surface area contributed by atoms with Crippen LogP contribution in [-0.2, 0) is 4.74 Å². The third-order valence-corrected chi connectivity index (χ3v) is 4.23. The summed E-state index contributed by atoms with van der Waals surface area (Å²) in [5.74, 6) is -0.520. The summed E-state index contributed by atoms with van der Waals surface area (Å²) in [4.78, 5) is 29.9. The molecule has 2 aromatic carbocycles. The monoisotopic (exact) mass is 408 g/mol. The van der Waals surface area contributed by atoms with Crippen molar-refractivity contribution in [3.05, 3.63) is 70.0 Å². The van der Waals surface area contributed by atoms with E-state index >= 15 is 0 Å². The van der Waals surface area contributed by atoms with Gasteiger partial charge in [0.25, 0.3) is 5.56 Å². The minimum absolute atomic E-state index is 0.167. The van der Waals surface area contributed by atoms with Gasteiger partial charge in [0.15, 0.2) is 0 Å². The molecule has 0 radical (unpaired) electrons. The molecule has 30 heavy (non-hydrogen) atoms. The van der Waals surface area contributed by atoms with E-state index in [4.69, 9.17) is 4.74 Å². The van der Waals surface area contributed by atoms with E-state index in [1.54, 1.807) is 45.9 Å². The van der Waals surface area contributed by atoms with E-state index in [0.717, 1.165) is 0 Å². The second-order valence-electron chi connectivity index (χ2n) is 7.77. The molecule has 3 aromatic rings. The van der Waals surface area contributed by atoms with Crippen LogP contribution in [0.5, 0.6) is 0 Å². The Morgan fingerprint density at radius 2 is 1.97 bits per heavy atom. The Bertz CT molecular complexity index is 1220. The lowest BCUT2D eigenvalue weighted by molar-refractivity contribution is 0.0505. The average molecular weight is 408 g/mol. The predicted molar refractivity (Wildman–Crippen MR) is 110 cm³/mol. The van der Waals surface area contributed by atoms with Crippen molar-refractivity contribution in [1.29, 1.82) is 5.26 Å². The number of nitriles is 1. The molecule has 1 atom stereocenters. The van der Waals surface area contributed by atoms with Crippen LogP contribution < -0.4 is 10.9 Å². The Kier molecular flexibility index (Phi) is 5.56. The standard InChI is InChI=1S/C22H21FN4O3/c1-13(25-21(29)30-22(2,3)4)19-26-17-10-6-9-16(23)18(17)20(28)27(19)15-8-5-7-14(11-15)12-24/h5-11,13H,1-4H3,(H,25,29). The molecule has 1 N–H and O–H groups in total. The number of carbonyl (C=O) groups is 1. The van der Waals surface area contributed by atoms with E-state index in [1.165, 1.54) is 28.8 Å². The number of fused-ring (bicyclic) bond motifs is 1. The van der Waals surface area contributed by atoms with Crippen LogP contribution in [0.4, 0.5) is 9.18 Å². The highest BCUT2D eigenvalue weighted by atomic mass is 19.1. The molecule has 1 heterocycles. The number of nitrogens with one attached hydrogen (secondary N) is 1. The molecule has 1 unspecified atom stereocenters. The fraction of sp³-hybridized carbons (Fsp3) is 0.273. The van der Waals surface area contributed by atoms with Crippen molar-refractivity contribution >= 4 is 17.0 Å². The highest BCUT2D eigenvalue weighted by Gasteiger charge is 2.23. The molecule has 0 bridgehead atoms. The van der Waals surface area contributed by atoms with Crippen LogP contribution in [0.2, 0.25) is 0 Å². The van der Waals surface area contributed by atoms with Gasteiger partial charge in [-0.3, -0.25) is 9.36 Å². The average Bonchev–Trinajstić information content (AvgIpc) is 2.66. The number of rotatable bonds is 3. The van der Waals surface area contributed by atoms with Crippen molar-refractivity contribution in [2.45, 2.75) is 39.3 Å². The fourth-order valence-corrected chi connectivity index (χ4v) is 3.01. The lowest BCUT2D eigenvalue weighted by Gasteiger charge is -2.23. The second kappa shape index (κ2) is 7.95. The number of benzene rings is 2. The van der Waals surface area contributed by atoms with Gasteiger partial charge in [-0.25, -0.2) is 14.2 Å². The Hall–Kier alpha value is -3.73. The first kappa shape index (κ1) is 21.0. The summed E-state index contributed by atoms with van der Waals surface area (Å²) < 4.78 is 20.9. The maximum Gasteiger partial charge on any atom is 0.408 e. The van der Waals surface area contributed by atoms with Gasteiger partial charge >= 0.3 is 6.09 Å². The zero-order chi connectivity index (χ0) is 22.1. The topological polar surface area (TPSA) is 97.0 Å². The van der Waals surface area contributed by atoms with Crippen LogP contribution in [0.15, 0.2) is 47.3 Å². The molecule has 0 saturated heterocycles. The molecule has 0 aliphatic carbocycles. The summed E-state index contributed by atoms with van der Waals surface area (Å²) in [5.41, 5.74) is -0.511. The number of carbonyl (C=O) groups excluding carboxylic acids is 1. The highest BCUT2D eigenvalue weighted by molar-refractivity contribution is 5.79. The minimum atomic E-state index is -0.744. The van der Waals surface area contributed by atoms with Gasteiger partial charge in [-0.15, -0.1) is 0 Å². The summed E-state index contributed by atoms with van der Waals surface area (Å²) in [6.07, 6.45) is -0.680. The minimum Gasteiger partial charge on any atom is -0.444 e. The van der Waals surface area contributed by atoms with E-state index in [1.807, 2.05) is 6.07 Å². The van der Waals surface area contributed by atoms with Gasteiger partial charge in [0.2, 0.25) is 0 Å². The van der Waals surface area contributed by atoms with Crippen LogP contribution in [0, 0.1) is 17.1 Å². The van der Waals surface area contributed by atoms with E-state index in [2.05, 4.69) is 10.3 Å². The first-order valence-corrected chi connectivity index (χ1v) is 9.32. The van der Waals surface area contributed by atoms with Crippen LogP contribution >= 0.6 is 0 Å². The van der Waals surface area contributed by atoms with Gasteiger partial charge in [-0.2, -0.15) is 5.26 Å². The quantitative estimate of drug-likeness (QED) is 0.707. The van der Waals surface area contributed by atoms with Crippen molar-refractivity contribution in [1.82, 2.24) is 14.9 Å². The maximum atomic E-state index is 14.4. The SMILES string of the molecule is CC(NC(=O)OC(C)(C)C)c1nc2cccc(F)c2c(=O)n1-c1cccc(C#N)c1. The van der Waals surface area contributed by atoms with E-state index in [9.17, 15) is 19.2 Å². The molecule has 154 valence electrons. The number of hydrogen-bond donors (Lipinski definition) is 1. The molecule has 0 aliphatic heterocycles. The highest BCUT2D eigenvalue weighted by Crippen LogP contribution is 2.21. The molecule has 1 amide bonds. The largest absolute Gasteiger partial charge is 0.444 e. The smallest absolute Gasteiger partial charge is 0.408 e. The van der Waals surface area contributed by atoms with Crippen LogP contribution in [0.3, 0.4) is 0 Å². The van der Waals surface area contributed by atoms with E-state index < -0.39 is 29.1 Å².